The van der Waals surface area contributed by atoms with Crippen LogP contribution in [0.2, 0.25) is 0 Å². The number of hydrogen-bond donors (Lipinski definition) is 2. The molecule has 0 unspecified atom stereocenters. The summed E-state index contributed by atoms with van der Waals surface area (Å²) in [6.07, 6.45) is 1.95. The fraction of sp³-hybridized carbons (Fsp3) is 0.364. The number of carbonyl (C=O) groups is 2. The summed E-state index contributed by atoms with van der Waals surface area (Å²) in [5.41, 5.74) is 0.703. The molecule has 1 aromatic heterocycles. The molecule has 6 heteroatoms. The average Bonchev–Trinajstić information content (AvgIpc) is 2.28. The number of hydrogen-bond acceptors (Lipinski definition) is 4. The third kappa shape index (κ3) is 3.74. The predicted molar refractivity (Wildman–Crippen MR) is 66.6 cm³/mol. The largest absolute Gasteiger partial charge is 0.478 e. The van der Waals surface area contributed by atoms with E-state index in [1.807, 2.05) is 6.26 Å². The molecule has 0 aliphatic rings. The van der Waals surface area contributed by atoms with Crippen LogP contribution in [-0.4, -0.2) is 40.5 Å². The standard InChI is InChI=1S/C11H14N2O3S/c1-7-8(11(15)16)3-4-9(13-7)10(14)12-5-6-17-2/h3-4H,5-6H2,1-2H3,(H,12,14)(H,15,16). The molecule has 0 spiro atoms. The Balaban J connectivity index is 2.76. The lowest BCUT2D eigenvalue weighted by atomic mass is 10.2. The molecule has 1 amide bonds. The Kier molecular flexibility index (Phi) is 4.96. The summed E-state index contributed by atoms with van der Waals surface area (Å²) >= 11 is 1.64. The summed E-state index contributed by atoms with van der Waals surface area (Å²) in [6.45, 7) is 2.14. The number of pyridine rings is 1. The van der Waals surface area contributed by atoms with E-state index in [0.29, 0.717) is 12.2 Å². The van der Waals surface area contributed by atoms with E-state index in [1.165, 1.54) is 12.1 Å². The van der Waals surface area contributed by atoms with Gasteiger partial charge in [0.25, 0.3) is 5.91 Å². The van der Waals surface area contributed by atoms with Crippen molar-refractivity contribution in [2.45, 2.75) is 6.92 Å². The summed E-state index contributed by atoms with van der Waals surface area (Å²) in [6, 6.07) is 2.82. The minimum Gasteiger partial charge on any atom is -0.478 e. The van der Waals surface area contributed by atoms with Crippen LogP contribution < -0.4 is 5.32 Å². The van der Waals surface area contributed by atoms with Crippen LogP contribution >= 0.6 is 11.8 Å². The molecule has 2 N–H and O–H groups in total. The fourth-order valence-corrected chi connectivity index (χ4v) is 1.58. The molecule has 0 aromatic carbocycles. The maximum atomic E-state index is 11.6. The van der Waals surface area contributed by atoms with Gasteiger partial charge in [0.15, 0.2) is 0 Å². The molecule has 0 atom stereocenters. The molecule has 0 aliphatic heterocycles. The van der Waals surface area contributed by atoms with Crippen molar-refractivity contribution in [3.8, 4) is 0 Å². The van der Waals surface area contributed by atoms with Gasteiger partial charge in [-0.2, -0.15) is 11.8 Å². The first-order valence-electron chi connectivity index (χ1n) is 5.04. The molecule has 0 saturated heterocycles. The number of nitrogens with one attached hydrogen (secondary N) is 1. The number of thioether (sulfide) groups is 1. The van der Waals surface area contributed by atoms with Gasteiger partial charge in [-0.25, -0.2) is 9.78 Å². The second kappa shape index (κ2) is 6.24. The zero-order valence-electron chi connectivity index (χ0n) is 9.69. The fourth-order valence-electron chi connectivity index (χ4n) is 1.27. The zero-order valence-corrected chi connectivity index (χ0v) is 10.5. The van der Waals surface area contributed by atoms with Crippen LogP contribution in [-0.2, 0) is 0 Å². The van der Waals surface area contributed by atoms with E-state index in [2.05, 4.69) is 10.3 Å². The Labute approximate surface area is 104 Å². The molecule has 1 aromatic rings. The van der Waals surface area contributed by atoms with Gasteiger partial charge in [-0.15, -0.1) is 0 Å². The minimum absolute atomic E-state index is 0.116. The summed E-state index contributed by atoms with van der Waals surface area (Å²) in [5, 5.41) is 11.5. The maximum absolute atomic E-state index is 11.6. The highest BCUT2D eigenvalue weighted by molar-refractivity contribution is 7.98. The Morgan fingerprint density at radius 1 is 1.47 bits per heavy atom. The van der Waals surface area contributed by atoms with Crippen molar-refractivity contribution in [2.75, 3.05) is 18.6 Å². The normalized spacial score (nSPS) is 10.0. The topological polar surface area (TPSA) is 79.3 Å². The Morgan fingerprint density at radius 3 is 2.71 bits per heavy atom. The van der Waals surface area contributed by atoms with Crippen molar-refractivity contribution in [1.82, 2.24) is 10.3 Å². The lowest BCUT2D eigenvalue weighted by Gasteiger charge is -2.05. The highest BCUT2D eigenvalue weighted by Crippen LogP contribution is 2.06. The van der Waals surface area contributed by atoms with Crippen LogP contribution in [0.15, 0.2) is 12.1 Å². The molecule has 17 heavy (non-hydrogen) atoms. The van der Waals surface area contributed by atoms with E-state index in [9.17, 15) is 9.59 Å². The molecule has 5 nitrogen and oxygen atoms in total. The molecule has 0 fully saturated rings. The molecular weight excluding hydrogens is 240 g/mol. The van der Waals surface area contributed by atoms with Gasteiger partial charge in [0.05, 0.1) is 11.3 Å². The van der Waals surface area contributed by atoms with Crippen LogP contribution in [0.5, 0.6) is 0 Å². The zero-order chi connectivity index (χ0) is 12.8. The van der Waals surface area contributed by atoms with Gasteiger partial charge in [-0.1, -0.05) is 0 Å². The molecule has 0 saturated carbocycles. The van der Waals surface area contributed by atoms with E-state index in [4.69, 9.17) is 5.11 Å². The van der Waals surface area contributed by atoms with Gasteiger partial charge < -0.3 is 10.4 Å². The van der Waals surface area contributed by atoms with E-state index in [-0.39, 0.29) is 17.2 Å². The van der Waals surface area contributed by atoms with Crippen molar-refractivity contribution in [3.63, 3.8) is 0 Å². The third-order valence-electron chi connectivity index (χ3n) is 2.14. The molecule has 0 aliphatic carbocycles. The van der Waals surface area contributed by atoms with Gasteiger partial charge in [0.2, 0.25) is 0 Å². The number of rotatable bonds is 5. The number of nitrogens with zero attached hydrogens (tertiary/aromatic N) is 1. The summed E-state index contributed by atoms with van der Waals surface area (Å²) in [7, 11) is 0. The van der Waals surface area contributed by atoms with Crippen LogP contribution in [0, 0.1) is 6.92 Å². The monoisotopic (exact) mass is 254 g/mol. The van der Waals surface area contributed by atoms with Gasteiger partial charge in [0, 0.05) is 12.3 Å². The number of carboxylic acids is 1. The van der Waals surface area contributed by atoms with Crippen molar-refractivity contribution in [3.05, 3.63) is 29.1 Å². The first-order chi connectivity index (χ1) is 8.06. The van der Waals surface area contributed by atoms with Gasteiger partial charge in [-0.3, -0.25) is 4.79 Å². The number of carboxylic acid groups (broad SMARTS) is 1. The lowest BCUT2D eigenvalue weighted by Crippen LogP contribution is -2.27. The lowest BCUT2D eigenvalue weighted by molar-refractivity contribution is 0.0694. The second-order valence-corrected chi connectivity index (χ2v) is 4.37. The maximum Gasteiger partial charge on any atom is 0.337 e. The second-order valence-electron chi connectivity index (χ2n) is 3.38. The number of amides is 1. The van der Waals surface area contributed by atoms with Crippen molar-refractivity contribution in [1.29, 1.82) is 0 Å². The molecule has 1 heterocycles. The minimum atomic E-state index is -1.04. The Bertz CT molecular complexity index is 435. The first-order valence-corrected chi connectivity index (χ1v) is 6.43. The number of aromatic nitrogens is 1. The summed E-state index contributed by atoms with van der Waals surface area (Å²) in [4.78, 5) is 26.4. The smallest absolute Gasteiger partial charge is 0.337 e. The van der Waals surface area contributed by atoms with Crippen LogP contribution in [0.3, 0.4) is 0 Å². The van der Waals surface area contributed by atoms with Crippen molar-refractivity contribution in [2.24, 2.45) is 0 Å². The highest BCUT2D eigenvalue weighted by atomic mass is 32.2. The average molecular weight is 254 g/mol. The van der Waals surface area contributed by atoms with E-state index in [0.717, 1.165) is 5.75 Å². The quantitative estimate of drug-likeness (QED) is 0.771. The van der Waals surface area contributed by atoms with Crippen LogP contribution in [0.1, 0.15) is 26.5 Å². The first kappa shape index (κ1) is 13.5. The summed E-state index contributed by atoms with van der Waals surface area (Å²) in [5.74, 6) is -0.485. The molecule has 0 bridgehead atoms. The number of aromatic carboxylic acids is 1. The number of aryl methyl sites for hydroxylation is 1. The molecule has 1 rings (SSSR count). The van der Waals surface area contributed by atoms with Crippen LogP contribution in [0.25, 0.3) is 0 Å². The van der Waals surface area contributed by atoms with Gasteiger partial charge >= 0.3 is 5.97 Å². The van der Waals surface area contributed by atoms with Crippen LogP contribution in [0.4, 0.5) is 0 Å². The SMILES string of the molecule is CSCCNC(=O)c1ccc(C(=O)O)c(C)n1. The Hall–Kier alpha value is -1.56. The van der Waals surface area contributed by atoms with E-state index in [1.54, 1.807) is 18.7 Å². The Morgan fingerprint density at radius 2 is 2.18 bits per heavy atom. The van der Waals surface area contributed by atoms with E-state index >= 15 is 0 Å². The van der Waals surface area contributed by atoms with Gasteiger partial charge in [0.1, 0.15) is 5.69 Å². The molecule has 0 radical (unpaired) electrons. The van der Waals surface area contributed by atoms with Crippen molar-refractivity contribution < 1.29 is 14.7 Å². The molecule has 92 valence electrons. The predicted octanol–water partition coefficient (Wildman–Crippen LogP) is 1.18. The van der Waals surface area contributed by atoms with Crippen molar-refractivity contribution >= 4 is 23.6 Å². The van der Waals surface area contributed by atoms with E-state index < -0.39 is 5.97 Å². The number of carbonyl (C=O) groups excluding carboxylic acids is 1. The third-order valence-corrected chi connectivity index (χ3v) is 2.75. The van der Waals surface area contributed by atoms with Gasteiger partial charge in [-0.05, 0) is 25.3 Å². The highest BCUT2D eigenvalue weighted by Gasteiger charge is 2.12. The molecular formula is C11H14N2O3S. The summed E-state index contributed by atoms with van der Waals surface area (Å²) < 4.78 is 0.